The number of fused-ring (bicyclic) bond motifs is 5. The summed E-state index contributed by atoms with van der Waals surface area (Å²) in [6.45, 7) is 0. The first-order chi connectivity index (χ1) is 11.8. The van der Waals surface area contributed by atoms with Gasteiger partial charge in [-0.05, 0) is 18.1 Å². The van der Waals surface area contributed by atoms with Crippen molar-refractivity contribution in [1.82, 2.24) is 4.57 Å². The van der Waals surface area contributed by atoms with Crippen molar-refractivity contribution in [1.29, 1.82) is 0 Å². The number of aromatic hydroxyl groups is 2. The molecule has 118 valence electrons. The van der Waals surface area contributed by atoms with Crippen LogP contribution in [0.2, 0.25) is 0 Å². The second-order valence-corrected chi connectivity index (χ2v) is 6.53. The van der Waals surface area contributed by atoms with Crippen LogP contribution < -0.4 is 0 Å². The van der Waals surface area contributed by atoms with E-state index in [0.717, 1.165) is 34.4 Å². The fraction of sp³-hybridized carbons (Fsp3) is 0.143. The van der Waals surface area contributed by atoms with Crippen LogP contribution in [0.25, 0.3) is 16.8 Å². The summed E-state index contributed by atoms with van der Waals surface area (Å²) < 4.78 is 1.60. The third-order valence-corrected chi connectivity index (χ3v) is 5.25. The molecule has 2 aliphatic carbocycles. The van der Waals surface area contributed by atoms with Crippen LogP contribution in [0.1, 0.15) is 29.4 Å². The third-order valence-electron chi connectivity index (χ3n) is 5.25. The number of allylic oxidation sites excluding steroid dienone is 2. The maximum atomic E-state index is 10.8. The third kappa shape index (κ3) is 1.67. The van der Waals surface area contributed by atoms with E-state index in [1.807, 2.05) is 54.6 Å². The summed E-state index contributed by atoms with van der Waals surface area (Å²) >= 11 is 0. The average Bonchev–Trinajstić information content (AvgIpc) is 3.30. The fourth-order valence-electron chi connectivity index (χ4n) is 4.20. The fourth-order valence-corrected chi connectivity index (χ4v) is 4.20. The first-order valence-corrected chi connectivity index (χ1v) is 8.25. The molecule has 2 unspecified atom stereocenters. The monoisotopic (exact) mass is 315 g/mol. The second-order valence-electron chi connectivity index (χ2n) is 6.53. The van der Waals surface area contributed by atoms with Gasteiger partial charge in [0.25, 0.3) is 0 Å². The van der Waals surface area contributed by atoms with Gasteiger partial charge in [0.2, 0.25) is 11.8 Å². The first kappa shape index (κ1) is 13.5. The van der Waals surface area contributed by atoms with Crippen molar-refractivity contribution in [2.75, 3.05) is 0 Å². The molecule has 3 nitrogen and oxygen atoms in total. The van der Waals surface area contributed by atoms with Gasteiger partial charge in [0, 0.05) is 28.5 Å². The molecular weight excluding hydrogens is 298 g/mol. The quantitative estimate of drug-likeness (QED) is 0.674. The highest BCUT2D eigenvalue weighted by Crippen LogP contribution is 2.57. The van der Waals surface area contributed by atoms with E-state index in [0.29, 0.717) is 0 Å². The second kappa shape index (κ2) is 4.78. The molecule has 2 aromatic carbocycles. The van der Waals surface area contributed by atoms with E-state index in [-0.39, 0.29) is 23.6 Å². The van der Waals surface area contributed by atoms with Crippen molar-refractivity contribution in [2.24, 2.45) is 0 Å². The van der Waals surface area contributed by atoms with Crippen LogP contribution in [0.15, 0.2) is 66.7 Å². The first-order valence-electron chi connectivity index (χ1n) is 8.25. The van der Waals surface area contributed by atoms with Gasteiger partial charge in [-0.25, -0.2) is 0 Å². The summed E-state index contributed by atoms with van der Waals surface area (Å²) in [5.74, 6) is 0.785. The Kier molecular flexibility index (Phi) is 2.69. The summed E-state index contributed by atoms with van der Waals surface area (Å²) in [6, 6.07) is 17.9. The minimum Gasteiger partial charge on any atom is -0.494 e. The molecule has 0 amide bonds. The predicted octanol–water partition coefficient (Wildman–Crippen LogP) is 4.70. The zero-order valence-electron chi connectivity index (χ0n) is 13.1. The van der Waals surface area contributed by atoms with E-state index < -0.39 is 0 Å². The molecular formula is C21H17NO2. The van der Waals surface area contributed by atoms with Gasteiger partial charge in [-0.2, -0.15) is 0 Å². The van der Waals surface area contributed by atoms with Crippen molar-refractivity contribution in [3.05, 3.63) is 77.9 Å². The van der Waals surface area contributed by atoms with Crippen LogP contribution in [0, 0.1) is 0 Å². The van der Waals surface area contributed by atoms with E-state index in [4.69, 9.17) is 0 Å². The van der Waals surface area contributed by atoms with Crippen LogP contribution in [0.3, 0.4) is 0 Å². The Labute approximate surface area is 140 Å². The standard InChI is InChI=1S/C21H17NO2/c23-20-18-14-10-11-15(12-14)19(18)21(24)22(20)17-9-5-4-8-16(17)13-6-2-1-3-7-13/h1-11,14-15,23-24H,12H2. The Morgan fingerprint density at radius 1 is 0.750 bits per heavy atom. The SMILES string of the molecule is Oc1c2c(c(O)n1-c1ccccc1-c1ccccc1)C1C=CC2C1. The van der Waals surface area contributed by atoms with E-state index in [2.05, 4.69) is 12.2 Å². The van der Waals surface area contributed by atoms with E-state index in [9.17, 15) is 10.2 Å². The lowest BCUT2D eigenvalue weighted by Crippen LogP contribution is -1.98. The Hall–Kier alpha value is -2.94. The molecule has 0 saturated heterocycles. The van der Waals surface area contributed by atoms with Gasteiger partial charge in [0.1, 0.15) is 0 Å². The number of nitrogens with zero attached hydrogens (tertiary/aromatic N) is 1. The van der Waals surface area contributed by atoms with Gasteiger partial charge in [0.15, 0.2) is 0 Å². The van der Waals surface area contributed by atoms with Gasteiger partial charge in [-0.1, -0.05) is 60.7 Å². The zero-order chi connectivity index (χ0) is 16.3. The van der Waals surface area contributed by atoms with Crippen LogP contribution in [-0.2, 0) is 0 Å². The molecule has 1 heterocycles. The van der Waals surface area contributed by atoms with E-state index in [1.165, 1.54) is 0 Å². The zero-order valence-corrected chi connectivity index (χ0v) is 13.1. The van der Waals surface area contributed by atoms with E-state index in [1.54, 1.807) is 4.57 Å². The summed E-state index contributed by atoms with van der Waals surface area (Å²) in [6.07, 6.45) is 5.24. The molecule has 1 aromatic heterocycles. The minimum atomic E-state index is 0.169. The highest BCUT2D eigenvalue weighted by molar-refractivity contribution is 5.75. The van der Waals surface area contributed by atoms with Crippen molar-refractivity contribution in [3.8, 4) is 28.6 Å². The number of benzene rings is 2. The molecule has 0 fully saturated rings. The predicted molar refractivity (Wildman–Crippen MR) is 93.8 cm³/mol. The number of rotatable bonds is 2. The summed E-state index contributed by atoms with van der Waals surface area (Å²) in [5.41, 5.74) is 4.62. The number of hydrogen-bond acceptors (Lipinski definition) is 2. The lowest BCUT2D eigenvalue weighted by Gasteiger charge is -2.14. The molecule has 0 spiro atoms. The topological polar surface area (TPSA) is 45.4 Å². The molecule has 3 aromatic rings. The van der Waals surface area contributed by atoms with Crippen molar-refractivity contribution in [3.63, 3.8) is 0 Å². The molecule has 0 aliphatic heterocycles. The maximum Gasteiger partial charge on any atom is 0.202 e. The molecule has 2 aliphatic rings. The molecule has 2 N–H and O–H groups in total. The minimum absolute atomic E-state index is 0.169. The van der Waals surface area contributed by atoms with Crippen LogP contribution in [-0.4, -0.2) is 14.8 Å². The molecule has 2 bridgehead atoms. The van der Waals surface area contributed by atoms with Crippen molar-refractivity contribution < 1.29 is 10.2 Å². The summed E-state index contributed by atoms with van der Waals surface area (Å²) in [4.78, 5) is 0. The Morgan fingerprint density at radius 2 is 1.33 bits per heavy atom. The molecule has 5 rings (SSSR count). The van der Waals surface area contributed by atoms with Gasteiger partial charge in [-0.3, -0.25) is 4.57 Å². The van der Waals surface area contributed by atoms with Gasteiger partial charge < -0.3 is 10.2 Å². The van der Waals surface area contributed by atoms with Gasteiger partial charge >= 0.3 is 0 Å². The summed E-state index contributed by atoms with van der Waals surface area (Å²) in [5, 5.41) is 21.7. The number of aromatic nitrogens is 1. The molecule has 0 saturated carbocycles. The molecule has 0 radical (unpaired) electrons. The van der Waals surface area contributed by atoms with Crippen LogP contribution in [0.4, 0.5) is 0 Å². The Balaban J connectivity index is 1.76. The van der Waals surface area contributed by atoms with Crippen molar-refractivity contribution in [2.45, 2.75) is 18.3 Å². The molecule has 3 heteroatoms. The Morgan fingerprint density at radius 3 is 2.00 bits per heavy atom. The number of hydrogen-bond donors (Lipinski definition) is 2. The molecule has 2 atom stereocenters. The normalized spacial score (nSPS) is 20.5. The highest BCUT2D eigenvalue weighted by Gasteiger charge is 2.41. The van der Waals surface area contributed by atoms with Crippen molar-refractivity contribution >= 4 is 0 Å². The number of para-hydroxylation sites is 1. The maximum absolute atomic E-state index is 10.8. The highest BCUT2D eigenvalue weighted by atomic mass is 16.3. The molecule has 24 heavy (non-hydrogen) atoms. The smallest absolute Gasteiger partial charge is 0.202 e. The summed E-state index contributed by atoms with van der Waals surface area (Å²) in [7, 11) is 0. The van der Waals surface area contributed by atoms with E-state index >= 15 is 0 Å². The van der Waals surface area contributed by atoms with Crippen LogP contribution in [0.5, 0.6) is 11.8 Å². The van der Waals surface area contributed by atoms with Gasteiger partial charge in [-0.15, -0.1) is 0 Å². The largest absolute Gasteiger partial charge is 0.494 e. The lowest BCUT2D eigenvalue weighted by atomic mass is 10.0. The average molecular weight is 315 g/mol. The lowest BCUT2D eigenvalue weighted by molar-refractivity contribution is 0.395. The van der Waals surface area contributed by atoms with Gasteiger partial charge in [0.05, 0.1) is 5.69 Å². The Bertz CT molecular complexity index is 934. The van der Waals surface area contributed by atoms with Crippen LogP contribution >= 0.6 is 0 Å².